The van der Waals surface area contributed by atoms with E-state index in [1.54, 1.807) is 28.8 Å². The van der Waals surface area contributed by atoms with Gasteiger partial charge in [0.15, 0.2) is 11.6 Å². The second-order valence-corrected chi connectivity index (χ2v) is 11.4. The minimum Gasteiger partial charge on any atom is -0.294 e. The van der Waals surface area contributed by atoms with Crippen molar-refractivity contribution >= 4 is 39.7 Å². The van der Waals surface area contributed by atoms with E-state index in [-0.39, 0.29) is 11.1 Å². The zero-order valence-electron chi connectivity index (χ0n) is 20.5. The van der Waals surface area contributed by atoms with Crippen molar-refractivity contribution in [2.24, 2.45) is 0 Å². The highest BCUT2D eigenvalue weighted by molar-refractivity contribution is 6.37. The first-order valence-corrected chi connectivity index (χ1v) is 13.2. The van der Waals surface area contributed by atoms with E-state index in [1.807, 2.05) is 30.3 Å². The summed E-state index contributed by atoms with van der Waals surface area (Å²) in [5.41, 5.74) is 5.44. The summed E-state index contributed by atoms with van der Waals surface area (Å²) in [6.07, 6.45) is 3.22. The van der Waals surface area contributed by atoms with Crippen LogP contribution in [0.3, 0.4) is 0 Å². The molecule has 1 aromatic heterocycles. The third-order valence-electron chi connectivity index (χ3n) is 6.88. The van der Waals surface area contributed by atoms with E-state index in [4.69, 9.17) is 34.8 Å². The molecule has 1 aliphatic heterocycles. The van der Waals surface area contributed by atoms with Gasteiger partial charge in [0.2, 0.25) is 5.02 Å². The summed E-state index contributed by atoms with van der Waals surface area (Å²) < 4.78 is 1.63. The fourth-order valence-electron chi connectivity index (χ4n) is 4.92. The Morgan fingerprint density at radius 3 is 2.25 bits per heavy atom. The summed E-state index contributed by atoms with van der Waals surface area (Å²) in [6.45, 7) is 8.57. The number of fused-ring (bicyclic) bond motifs is 1. The Hall–Kier alpha value is -2.56. The van der Waals surface area contributed by atoms with Crippen LogP contribution in [0.1, 0.15) is 32.8 Å². The molecule has 5 rings (SSSR count). The van der Waals surface area contributed by atoms with Crippen molar-refractivity contribution in [3.8, 4) is 16.8 Å². The molecule has 3 aromatic carbocycles. The van der Waals surface area contributed by atoms with Crippen molar-refractivity contribution in [2.75, 3.05) is 13.1 Å². The predicted octanol–water partition coefficient (Wildman–Crippen LogP) is 7.55. The molecule has 184 valence electrons. The lowest BCUT2D eigenvalue weighted by Gasteiger charge is -2.37. The lowest BCUT2D eigenvalue weighted by molar-refractivity contribution is -0.287. The topological polar surface area (TPSA) is 25.2 Å². The first-order chi connectivity index (χ1) is 17.1. The Morgan fingerprint density at radius 1 is 0.889 bits per heavy atom. The normalized spacial score (nSPS) is 14.8. The van der Waals surface area contributed by atoms with Gasteiger partial charge in [-0.2, -0.15) is 0 Å². The second-order valence-electron chi connectivity index (χ2n) is 10.1. The van der Waals surface area contributed by atoms with Crippen LogP contribution in [0, 0.1) is 11.6 Å². The van der Waals surface area contributed by atoms with Crippen LogP contribution >= 0.6 is 23.2 Å². The van der Waals surface area contributed by atoms with Gasteiger partial charge in [0.1, 0.15) is 0 Å². The van der Waals surface area contributed by atoms with Crippen LogP contribution in [0.25, 0.3) is 33.3 Å². The lowest BCUT2D eigenvalue weighted by atomic mass is 9.91. The average molecular weight is 539 g/mol. The number of para-hydroxylation sites is 1. The first kappa shape index (κ1) is 25.1. The predicted molar refractivity (Wildman–Crippen MR) is 149 cm³/mol. The maximum atomic E-state index is 13.3. The molecule has 0 saturated heterocycles. The molecule has 0 saturated carbocycles. The summed E-state index contributed by atoms with van der Waals surface area (Å²) in [4.78, 5) is 15.8. The lowest BCUT2D eigenvalue weighted by Crippen LogP contribution is -2.43. The molecule has 1 aliphatic rings. The zero-order chi connectivity index (χ0) is 25.6. The minimum absolute atomic E-state index is 0.110. The maximum Gasteiger partial charge on any atom is 0.255 e. The fraction of sp³-hybridized carbons (Fsp3) is 0.233. The third-order valence-corrected chi connectivity index (χ3v) is 7.85. The van der Waals surface area contributed by atoms with Crippen LogP contribution in [0.2, 0.25) is 15.1 Å². The van der Waals surface area contributed by atoms with Crippen molar-refractivity contribution in [3.63, 3.8) is 0 Å². The molecule has 3 nitrogen and oxygen atoms in total. The van der Waals surface area contributed by atoms with Crippen LogP contribution in [-0.4, -0.2) is 28.1 Å². The number of hydrogen-bond acceptors (Lipinski definition) is 2. The van der Waals surface area contributed by atoms with Gasteiger partial charge in [-0.05, 0) is 80.3 Å². The van der Waals surface area contributed by atoms with Crippen LogP contribution in [0.15, 0.2) is 77.6 Å². The van der Waals surface area contributed by atoms with E-state index in [0.29, 0.717) is 15.7 Å². The molecule has 0 bridgehead atoms. The molecule has 0 unspecified atom stereocenters. The van der Waals surface area contributed by atoms with Crippen LogP contribution in [0.4, 0.5) is 0 Å². The fourth-order valence-corrected chi connectivity index (χ4v) is 5.74. The highest BCUT2D eigenvalue weighted by Crippen LogP contribution is 2.38. The number of aromatic nitrogens is 1. The van der Waals surface area contributed by atoms with Crippen LogP contribution in [0.5, 0.6) is 0 Å². The largest absolute Gasteiger partial charge is 0.294 e. The maximum absolute atomic E-state index is 13.3. The number of pyridine rings is 1. The van der Waals surface area contributed by atoms with Crippen LogP contribution in [-0.2, 0) is 0 Å². The summed E-state index contributed by atoms with van der Waals surface area (Å²) in [7, 11) is 0. The summed E-state index contributed by atoms with van der Waals surface area (Å²) in [6, 6.07) is 20.9. The van der Waals surface area contributed by atoms with E-state index in [2.05, 4.69) is 43.9 Å². The van der Waals surface area contributed by atoms with Gasteiger partial charge in [0.05, 0.1) is 21.2 Å². The van der Waals surface area contributed by atoms with Crippen molar-refractivity contribution in [1.29, 1.82) is 0 Å². The number of benzene rings is 3. The quantitative estimate of drug-likeness (QED) is 0.269. The number of halogens is 3. The molecule has 6 heteroatoms. The van der Waals surface area contributed by atoms with Gasteiger partial charge in [-0.1, -0.05) is 47.5 Å². The monoisotopic (exact) mass is 537 g/mol. The molecular formula is C30H28Cl3N2O+. The molecule has 4 aromatic rings. The first-order valence-electron chi connectivity index (χ1n) is 12.0. The third kappa shape index (κ3) is 4.62. The SMILES string of the molecule is CC(C)(C)N1CC=C(c2cc(-c3ccccc3[ClH+])c3ccc(=O)n(-c4c(Cl)cccc4Cl)c3c2)CC1. The van der Waals surface area contributed by atoms with E-state index in [0.717, 1.165) is 52.1 Å². The van der Waals surface area contributed by atoms with Gasteiger partial charge < -0.3 is 0 Å². The van der Waals surface area contributed by atoms with Crippen molar-refractivity contribution in [1.82, 2.24) is 9.47 Å². The van der Waals surface area contributed by atoms with Gasteiger partial charge in [-0.15, -0.1) is 0 Å². The number of hydrogen-bond donors (Lipinski definition) is 0. The smallest absolute Gasteiger partial charge is 0.255 e. The van der Waals surface area contributed by atoms with Crippen molar-refractivity contribution < 1.29 is 11.6 Å². The van der Waals surface area contributed by atoms with Gasteiger partial charge in [0, 0.05) is 41.7 Å². The molecule has 2 heterocycles. The zero-order valence-corrected chi connectivity index (χ0v) is 22.8. The summed E-state index contributed by atoms with van der Waals surface area (Å²) in [5, 5.41) is 2.52. The average Bonchev–Trinajstić information content (AvgIpc) is 2.84. The Bertz CT molecular complexity index is 1540. The minimum atomic E-state index is -0.191. The Morgan fingerprint density at radius 2 is 1.61 bits per heavy atom. The highest BCUT2D eigenvalue weighted by Gasteiger charge is 2.25. The summed E-state index contributed by atoms with van der Waals surface area (Å²) in [5.74, 6) is 0. The van der Waals surface area contributed by atoms with Gasteiger partial charge in [0.25, 0.3) is 5.56 Å². The van der Waals surface area contributed by atoms with E-state index >= 15 is 0 Å². The van der Waals surface area contributed by atoms with Gasteiger partial charge in [-0.3, -0.25) is 14.3 Å². The molecule has 36 heavy (non-hydrogen) atoms. The standard InChI is InChI=1S/C30H28Cl3N2O/c1-30(2,3)34-15-13-19(14-16-34)20-17-23(21-7-4-5-8-24(21)31)22-11-12-28(36)35(27(22)18-20)29-25(32)9-6-10-26(29)33/h4-13,17-18,31H,14-16H2,1-3H3/q+1. The molecule has 0 atom stereocenters. The van der Waals surface area contributed by atoms with E-state index in [9.17, 15) is 4.79 Å². The van der Waals surface area contributed by atoms with Gasteiger partial charge >= 0.3 is 0 Å². The Balaban J connectivity index is 1.82. The number of rotatable bonds is 3. The molecule has 0 fully saturated rings. The molecule has 0 spiro atoms. The summed E-state index contributed by atoms with van der Waals surface area (Å²) >= 11 is 18.9. The molecule has 0 N–H and O–H groups in total. The molecule has 0 aliphatic carbocycles. The number of nitrogens with zero attached hydrogens (tertiary/aromatic N) is 2. The van der Waals surface area contributed by atoms with Crippen LogP contribution < -0.4 is 5.56 Å². The Kier molecular flexibility index (Phi) is 6.78. The van der Waals surface area contributed by atoms with Crippen molar-refractivity contribution in [2.45, 2.75) is 32.7 Å². The van der Waals surface area contributed by atoms with E-state index in [1.165, 1.54) is 5.57 Å². The second kappa shape index (κ2) is 9.72. The Labute approximate surface area is 226 Å². The highest BCUT2D eigenvalue weighted by atomic mass is 35.5. The van der Waals surface area contributed by atoms with Gasteiger partial charge in [-0.25, -0.2) is 0 Å². The van der Waals surface area contributed by atoms with E-state index < -0.39 is 0 Å². The molecule has 0 amide bonds. The van der Waals surface area contributed by atoms with Crippen molar-refractivity contribution in [3.05, 3.63) is 104 Å². The molecule has 0 radical (unpaired) electrons. The molecular weight excluding hydrogens is 511 g/mol.